The van der Waals surface area contributed by atoms with Crippen LogP contribution in [0.3, 0.4) is 0 Å². The van der Waals surface area contributed by atoms with Gasteiger partial charge < -0.3 is 10.2 Å². The summed E-state index contributed by atoms with van der Waals surface area (Å²) in [4.78, 5) is 31.9. The molecule has 0 unspecified atom stereocenters. The van der Waals surface area contributed by atoms with Crippen molar-refractivity contribution in [2.45, 2.75) is 50.4 Å². The van der Waals surface area contributed by atoms with Gasteiger partial charge in [0.05, 0.1) is 16.0 Å². The van der Waals surface area contributed by atoms with E-state index < -0.39 is 0 Å². The molecule has 0 saturated carbocycles. The molecule has 5 nitrogen and oxygen atoms in total. The molecule has 0 spiro atoms. The van der Waals surface area contributed by atoms with E-state index in [1.54, 1.807) is 11.3 Å². The largest absolute Gasteiger partial charge is 0.326 e. The summed E-state index contributed by atoms with van der Waals surface area (Å²) in [6, 6.07) is 14.1. The van der Waals surface area contributed by atoms with Crippen LogP contribution in [0.25, 0.3) is 10.2 Å². The number of para-hydroxylation sites is 1. The number of rotatable bonds is 7. The van der Waals surface area contributed by atoms with Gasteiger partial charge in [-0.2, -0.15) is 0 Å². The Morgan fingerprint density at radius 2 is 2.00 bits per heavy atom. The number of anilines is 2. The van der Waals surface area contributed by atoms with Crippen molar-refractivity contribution in [3.63, 3.8) is 0 Å². The molecule has 1 aliphatic heterocycles. The maximum absolute atomic E-state index is 12.9. The van der Waals surface area contributed by atoms with Crippen LogP contribution < -0.4 is 10.2 Å². The molecular weight excluding hydrogens is 426 g/mol. The number of fused-ring (bicyclic) bond motifs is 2. The van der Waals surface area contributed by atoms with Crippen molar-refractivity contribution in [2.75, 3.05) is 16.0 Å². The first kappa shape index (κ1) is 21.8. The van der Waals surface area contributed by atoms with E-state index in [0.717, 1.165) is 45.2 Å². The van der Waals surface area contributed by atoms with Crippen LogP contribution in [0.15, 0.2) is 46.8 Å². The summed E-state index contributed by atoms with van der Waals surface area (Å²) < 4.78 is 1.88. The van der Waals surface area contributed by atoms with Crippen LogP contribution in [-0.4, -0.2) is 28.6 Å². The van der Waals surface area contributed by atoms with Gasteiger partial charge in [-0.3, -0.25) is 9.59 Å². The Hall–Kier alpha value is -2.38. The summed E-state index contributed by atoms with van der Waals surface area (Å²) in [5.41, 5.74) is 3.95. The van der Waals surface area contributed by atoms with Crippen LogP contribution in [0.4, 0.5) is 11.4 Å². The SMILES string of the molecule is CCC(CC)C(=O)Nc1ccc2nc(SCC(=O)N3c4ccccc4C[C@H]3C)sc2c1. The van der Waals surface area contributed by atoms with Crippen molar-refractivity contribution < 1.29 is 9.59 Å². The van der Waals surface area contributed by atoms with Gasteiger partial charge >= 0.3 is 0 Å². The lowest BCUT2D eigenvalue weighted by Gasteiger charge is -2.22. The third-order valence-corrected chi connectivity index (χ3v) is 7.93. The van der Waals surface area contributed by atoms with Crippen LogP contribution in [0.1, 0.15) is 39.2 Å². The van der Waals surface area contributed by atoms with Crippen molar-refractivity contribution in [3.05, 3.63) is 48.0 Å². The Balaban J connectivity index is 1.42. The number of hydrogen-bond acceptors (Lipinski definition) is 5. The third-order valence-electron chi connectivity index (χ3n) is 5.79. The van der Waals surface area contributed by atoms with Crippen molar-refractivity contribution in [1.82, 2.24) is 4.98 Å². The first-order valence-corrected chi connectivity index (χ1v) is 12.5. The number of nitrogens with one attached hydrogen (secondary N) is 1. The number of benzene rings is 2. The maximum Gasteiger partial charge on any atom is 0.237 e. The molecule has 1 N–H and O–H groups in total. The van der Waals surface area contributed by atoms with E-state index in [0.29, 0.717) is 5.75 Å². The van der Waals surface area contributed by atoms with E-state index >= 15 is 0 Å². The van der Waals surface area contributed by atoms with Gasteiger partial charge in [0, 0.05) is 23.3 Å². The van der Waals surface area contributed by atoms with Gasteiger partial charge in [0.2, 0.25) is 11.8 Å². The van der Waals surface area contributed by atoms with Crippen LogP contribution in [0.5, 0.6) is 0 Å². The molecule has 31 heavy (non-hydrogen) atoms. The molecule has 0 radical (unpaired) electrons. The molecule has 0 bridgehead atoms. The lowest BCUT2D eigenvalue weighted by atomic mass is 10.0. The number of aromatic nitrogens is 1. The van der Waals surface area contributed by atoms with Crippen molar-refractivity contribution in [1.29, 1.82) is 0 Å². The smallest absolute Gasteiger partial charge is 0.237 e. The molecule has 7 heteroatoms. The molecule has 1 aliphatic rings. The van der Waals surface area contributed by atoms with E-state index in [-0.39, 0.29) is 23.8 Å². The van der Waals surface area contributed by atoms with E-state index in [1.165, 1.54) is 17.3 Å². The number of carbonyl (C=O) groups excluding carboxylic acids is 2. The predicted molar refractivity (Wildman–Crippen MR) is 130 cm³/mol. The van der Waals surface area contributed by atoms with E-state index in [4.69, 9.17) is 0 Å². The van der Waals surface area contributed by atoms with E-state index in [1.807, 2.05) is 55.1 Å². The van der Waals surface area contributed by atoms with Crippen molar-refractivity contribution >= 4 is 56.5 Å². The Labute approximate surface area is 191 Å². The minimum Gasteiger partial charge on any atom is -0.326 e. The number of thiazole rings is 1. The van der Waals surface area contributed by atoms with Gasteiger partial charge in [0.15, 0.2) is 4.34 Å². The highest BCUT2D eigenvalue weighted by Gasteiger charge is 2.30. The third kappa shape index (κ3) is 4.62. The summed E-state index contributed by atoms with van der Waals surface area (Å²) >= 11 is 3.04. The molecule has 1 aromatic heterocycles. The van der Waals surface area contributed by atoms with Crippen LogP contribution in [0.2, 0.25) is 0 Å². The first-order chi connectivity index (χ1) is 15.0. The monoisotopic (exact) mass is 453 g/mol. The van der Waals surface area contributed by atoms with Crippen LogP contribution in [-0.2, 0) is 16.0 Å². The zero-order valence-corrected chi connectivity index (χ0v) is 19.7. The minimum absolute atomic E-state index is 0.0346. The fraction of sp³-hybridized carbons (Fsp3) is 0.375. The highest BCUT2D eigenvalue weighted by atomic mass is 32.2. The molecule has 2 amide bonds. The Morgan fingerprint density at radius 1 is 1.23 bits per heavy atom. The molecule has 1 atom stereocenters. The molecular formula is C24H27N3O2S2. The zero-order chi connectivity index (χ0) is 22.0. The Bertz CT molecular complexity index is 1110. The van der Waals surface area contributed by atoms with Gasteiger partial charge in [0.25, 0.3) is 0 Å². The molecule has 0 fully saturated rings. The van der Waals surface area contributed by atoms with Gasteiger partial charge in [-0.15, -0.1) is 11.3 Å². The fourth-order valence-corrected chi connectivity index (χ4v) is 6.05. The molecule has 0 saturated heterocycles. The van der Waals surface area contributed by atoms with Gasteiger partial charge in [-0.05, 0) is 56.0 Å². The normalized spacial score (nSPS) is 15.5. The Morgan fingerprint density at radius 3 is 2.77 bits per heavy atom. The lowest BCUT2D eigenvalue weighted by Crippen LogP contribution is -2.36. The quantitative estimate of drug-likeness (QED) is 0.463. The summed E-state index contributed by atoms with van der Waals surface area (Å²) in [5.74, 6) is 0.567. The van der Waals surface area contributed by atoms with Gasteiger partial charge in [0.1, 0.15) is 0 Å². The summed E-state index contributed by atoms with van der Waals surface area (Å²) in [6.07, 6.45) is 2.57. The number of hydrogen-bond donors (Lipinski definition) is 1. The van der Waals surface area contributed by atoms with Crippen molar-refractivity contribution in [3.8, 4) is 0 Å². The topological polar surface area (TPSA) is 62.3 Å². The highest BCUT2D eigenvalue weighted by Crippen LogP contribution is 2.35. The second-order valence-corrected chi connectivity index (χ2v) is 10.2. The minimum atomic E-state index is 0.0346. The average molecular weight is 454 g/mol. The fourth-order valence-electron chi connectivity index (χ4n) is 4.09. The number of carbonyl (C=O) groups is 2. The standard InChI is InChI=1S/C24H27N3O2S2/c1-4-16(5-2)23(29)25-18-10-11-19-21(13-18)31-24(26-19)30-14-22(28)27-15(3)12-17-8-6-7-9-20(17)27/h6-11,13,15-16H,4-5,12,14H2,1-3H3,(H,25,29)/t15-/m1/s1. The molecule has 2 aromatic carbocycles. The maximum atomic E-state index is 12.9. The molecule has 162 valence electrons. The van der Waals surface area contributed by atoms with Crippen LogP contribution in [0, 0.1) is 5.92 Å². The molecule has 4 rings (SSSR count). The van der Waals surface area contributed by atoms with E-state index in [2.05, 4.69) is 23.3 Å². The van der Waals surface area contributed by atoms with Gasteiger partial charge in [-0.25, -0.2) is 4.98 Å². The molecule has 0 aliphatic carbocycles. The highest BCUT2D eigenvalue weighted by molar-refractivity contribution is 8.01. The van der Waals surface area contributed by atoms with Gasteiger partial charge in [-0.1, -0.05) is 43.8 Å². The first-order valence-electron chi connectivity index (χ1n) is 10.7. The zero-order valence-electron chi connectivity index (χ0n) is 18.1. The summed E-state index contributed by atoms with van der Waals surface area (Å²) in [7, 11) is 0. The predicted octanol–water partition coefficient (Wildman–Crippen LogP) is 5.74. The second kappa shape index (κ2) is 9.40. The number of nitrogens with zero attached hydrogens (tertiary/aromatic N) is 2. The second-order valence-electron chi connectivity index (χ2n) is 7.90. The molecule has 3 aromatic rings. The molecule has 2 heterocycles. The summed E-state index contributed by atoms with van der Waals surface area (Å²) in [6.45, 7) is 6.16. The van der Waals surface area contributed by atoms with E-state index in [9.17, 15) is 9.59 Å². The number of amides is 2. The summed E-state index contributed by atoms with van der Waals surface area (Å²) in [5, 5.41) is 3.02. The lowest BCUT2D eigenvalue weighted by molar-refractivity contribution is -0.120. The Kier molecular flexibility index (Phi) is 6.62. The number of thioether (sulfide) groups is 1. The van der Waals surface area contributed by atoms with Crippen molar-refractivity contribution in [2.24, 2.45) is 5.92 Å². The average Bonchev–Trinajstić information content (AvgIpc) is 3.32. The van der Waals surface area contributed by atoms with Crippen LogP contribution >= 0.6 is 23.1 Å².